The molecule has 0 heterocycles. The van der Waals surface area contributed by atoms with E-state index in [0.717, 1.165) is 109 Å². The maximum atomic E-state index is 13.0. The molecule has 1 atom stereocenters. The van der Waals surface area contributed by atoms with Gasteiger partial charge in [0.25, 0.3) is 0 Å². The highest BCUT2D eigenvalue weighted by Gasteiger charge is 2.19. The fourth-order valence-electron chi connectivity index (χ4n) is 10.0. The first-order valence-corrected chi connectivity index (χ1v) is 35.2. The molecule has 6 nitrogen and oxygen atoms in total. The van der Waals surface area contributed by atoms with Crippen molar-refractivity contribution in [3.8, 4) is 0 Å². The summed E-state index contributed by atoms with van der Waals surface area (Å²) >= 11 is 0. The van der Waals surface area contributed by atoms with Gasteiger partial charge in [-0.1, -0.05) is 304 Å². The Morgan fingerprint density at radius 1 is 0.256 bits per heavy atom. The maximum absolute atomic E-state index is 13.0. The van der Waals surface area contributed by atoms with Gasteiger partial charge in [-0.25, -0.2) is 0 Å². The third kappa shape index (κ3) is 67.1. The van der Waals surface area contributed by atoms with Gasteiger partial charge in [0.05, 0.1) is 0 Å². The van der Waals surface area contributed by atoms with E-state index < -0.39 is 6.10 Å². The van der Waals surface area contributed by atoms with E-state index in [1.165, 1.54) is 199 Å². The van der Waals surface area contributed by atoms with E-state index in [9.17, 15) is 14.4 Å². The molecule has 82 heavy (non-hydrogen) atoms. The summed E-state index contributed by atoms with van der Waals surface area (Å²) in [6.45, 7) is 6.54. The van der Waals surface area contributed by atoms with Gasteiger partial charge >= 0.3 is 17.9 Å². The molecule has 472 valence electrons. The van der Waals surface area contributed by atoms with E-state index in [-0.39, 0.29) is 31.1 Å². The normalized spacial score (nSPS) is 12.7. The number of unbranched alkanes of at least 4 members (excludes halogenated alkanes) is 37. The van der Waals surface area contributed by atoms with Gasteiger partial charge < -0.3 is 14.2 Å². The van der Waals surface area contributed by atoms with E-state index in [0.29, 0.717) is 19.3 Å². The van der Waals surface area contributed by atoms with Gasteiger partial charge in [0, 0.05) is 19.3 Å². The lowest BCUT2D eigenvalue weighted by molar-refractivity contribution is -0.167. The molecule has 0 saturated heterocycles. The van der Waals surface area contributed by atoms with Gasteiger partial charge in [0.2, 0.25) is 0 Å². The first-order valence-electron chi connectivity index (χ1n) is 35.2. The summed E-state index contributed by atoms with van der Waals surface area (Å²) in [4.78, 5) is 38.5. The Morgan fingerprint density at radius 2 is 0.476 bits per heavy atom. The van der Waals surface area contributed by atoms with E-state index in [4.69, 9.17) is 14.2 Å². The van der Waals surface area contributed by atoms with Crippen molar-refractivity contribution in [3.63, 3.8) is 0 Å². The first kappa shape index (κ1) is 78.3. The number of carbonyl (C=O) groups is 3. The fourth-order valence-corrected chi connectivity index (χ4v) is 10.0. The highest BCUT2D eigenvalue weighted by atomic mass is 16.6. The topological polar surface area (TPSA) is 78.9 Å². The van der Waals surface area contributed by atoms with Crippen LogP contribution in [0.15, 0.2) is 97.2 Å². The molecule has 0 radical (unpaired) electrons. The quantitative estimate of drug-likeness (QED) is 0.0261. The molecule has 0 aliphatic rings. The Labute approximate surface area is 508 Å². The van der Waals surface area contributed by atoms with Crippen molar-refractivity contribution in [3.05, 3.63) is 97.2 Å². The van der Waals surface area contributed by atoms with Crippen LogP contribution in [-0.2, 0) is 28.6 Å². The molecule has 0 N–H and O–H groups in total. The van der Waals surface area contributed by atoms with Crippen molar-refractivity contribution < 1.29 is 28.6 Å². The maximum Gasteiger partial charge on any atom is 0.306 e. The van der Waals surface area contributed by atoms with Crippen molar-refractivity contribution >= 4 is 17.9 Å². The van der Waals surface area contributed by atoms with Crippen molar-refractivity contribution in [2.45, 2.75) is 354 Å². The number of hydrogen-bond acceptors (Lipinski definition) is 6. The number of ether oxygens (including phenoxy) is 3. The second kappa shape index (κ2) is 69.8. The minimum atomic E-state index is -0.787. The predicted octanol–water partition coefficient (Wildman–Crippen LogP) is 24.4. The molecule has 0 aromatic carbocycles. The molecule has 0 fully saturated rings. The molecule has 0 bridgehead atoms. The van der Waals surface area contributed by atoms with E-state index in [2.05, 4.69) is 118 Å². The van der Waals surface area contributed by atoms with Crippen molar-refractivity contribution in [1.29, 1.82) is 0 Å². The van der Waals surface area contributed by atoms with Crippen LogP contribution in [0.5, 0.6) is 0 Å². The van der Waals surface area contributed by atoms with Gasteiger partial charge in [-0.15, -0.1) is 0 Å². The number of hydrogen-bond donors (Lipinski definition) is 0. The SMILES string of the molecule is CC/C=C\C/C=C\C/C=C\C/C=C\C/C=C\CCCCCCCCCCCC(=O)OCC(COC(=O)CCCCCCC/C=C\CCCCCCCCC)OC(=O)CCCCCCCCCCCCC/C=C\C/C=C\CCCCCCC. The third-order valence-corrected chi connectivity index (χ3v) is 15.3. The van der Waals surface area contributed by atoms with Crippen LogP contribution in [0.4, 0.5) is 0 Å². The Hall–Kier alpha value is -3.67. The highest BCUT2D eigenvalue weighted by Crippen LogP contribution is 2.17. The monoisotopic (exact) mass is 1140 g/mol. The predicted molar refractivity (Wildman–Crippen MR) is 357 cm³/mol. The van der Waals surface area contributed by atoms with Crippen LogP contribution >= 0.6 is 0 Å². The number of esters is 3. The summed E-state index contributed by atoms with van der Waals surface area (Å²) in [6.07, 6.45) is 94.2. The standard InChI is InChI=1S/C76H132O6/c1-4-7-10-13-16-19-22-25-28-31-33-35-37-38-40-41-43-45-48-51-54-57-60-63-66-69-75(78)81-72-73(71-80-74(77)68-65-62-59-56-53-50-47-30-27-24-21-18-15-12-9-6-3)82-76(79)70-67-64-61-58-55-52-49-46-44-42-39-36-34-32-29-26-23-20-17-14-11-8-5-2/h7,10,16,19,23,25-26,28,30,32-35,38,40,47,73H,4-6,8-9,11-15,17-18,20-22,24,27,29,31,36-37,39,41-46,48-72H2,1-3H3/b10-7-,19-16-,26-23-,28-25-,34-32-,35-33-,40-38-,47-30-. The lowest BCUT2D eigenvalue weighted by Crippen LogP contribution is -2.30. The average Bonchev–Trinajstić information content (AvgIpc) is 3.47. The Balaban J connectivity index is 4.37. The molecule has 1 unspecified atom stereocenters. The average molecular weight is 1140 g/mol. The summed E-state index contributed by atoms with van der Waals surface area (Å²) < 4.78 is 17.0. The molecule has 6 heteroatoms. The molecule has 0 spiro atoms. The molecule has 0 aromatic rings. The molecular weight excluding hydrogens is 1010 g/mol. The highest BCUT2D eigenvalue weighted by molar-refractivity contribution is 5.71. The molecule has 0 saturated carbocycles. The third-order valence-electron chi connectivity index (χ3n) is 15.3. The lowest BCUT2D eigenvalue weighted by atomic mass is 10.0. The second-order valence-electron chi connectivity index (χ2n) is 23.4. The zero-order chi connectivity index (χ0) is 59.2. The number of rotatable bonds is 64. The van der Waals surface area contributed by atoms with Gasteiger partial charge in [0.1, 0.15) is 13.2 Å². The van der Waals surface area contributed by atoms with Crippen molar-refractivity contribution in [1.82, 2.24) is 0 Å². The lowest BCUT2D eigenvalue weighted by Gasteiger charge is -2.18. The van der Waals surface area contributed by atoms with Crippen LogP contribution in [0, 0.1) is 0 Å². The summed E-state index contributed by atoms with van der Waals surface area (Å²) in [7, 11) is 0. The minimum Gasteiger partial charge on any atom is -0.462 e. The van der Waals surface area contributed by atoms with Crippen LogP contribution in [0.3, 0.4) is 0 Å². The Morgan fingerprint density at radius 3 is 0.756 bits per heavy atom. The first-order chi connectivity index (χ1) is 40.5. The molecular formula is C76H132O6. The molecule has 0 aliphatic heterocycles. The van der Waals surface area contributed by atoms with Crippen LogP contribution < -0.4 is 0 Å². The van der Waals surface area contributed by atoms with Crippen LogP contribution in [0.2, 0.25) is 0 Å². The fraction of sp³-hybridized carbons (Fsp3) is 0.750. The molecule has 0 aliphatic carbocycles. The number of carbonyl (C=O) groups excluding carboxylic acids is 3. The second-order valence-corrected chi connectivity index (χ2v) is 23.4. The summed E-state index contributed by atoms with van der Waals surface area (Å²) in [5.74, 6) is -0.882. The Bertz CT molecular complexity index is 1590. The van der Waals surface area contributed by atoms with Crippen LogP contribution in [0.1, 0.15) is 348 Å². The minimum absolute atomic E-state index is 0.0826. The smallest absolute Gasteiger partial charge is 0.306 e. The van der Waals surface area contributed by atoms with Gasteiger partial charge in [0.15, 0.2) is 6.10 Å². The molecule has 0 aromatic heterocycles. The van der Waals surface area contributed by atoms with Crippen molar-refractivity contribution in [2.24, 2.45) is 0 Å². The summed E-state index contributed by atoms with van der Waals surface area (Å²) in [6, 6.07) is 0. The molecule has 0 amide bonds. The van der Waals surface area contributed by atoms with Crippen LogP contribution in [0.25, 0.3) is 0 Å². The van der Waals surface area contributed by atoms with Gasteiger partial charge in [-0.3, -0.25) is 14.4 Å². The van der Waals surface area contributed by atoms with E-state index >= 15 is 0 Å². The van der Waals surface area contributed by atoms with E-state index in [1.54, 1.807) is 0 Å². The summed E-state index contributed by atoms with van der Waals surface area (Å²) in [5.41, 5.74) is 0. The number of allylic oxidation sites excluding steroid dienone is 16. The zero-order valence-electron chi connectivity index (χ0n) is 54.2. The van der Waals surface area contributed by atoms with Crippen molar-refractivity contribution in [2.75, 3.05) is 13.2 Å². The summed E-state index contributed by atoms with van der Waals surface area (Å²) in [5, 5.41) is 0. The van der Waals surface area contributed by atoms with E-state index in [1.807, 2.05) is 0 Å². The van der Waals surface area contributed by atoms with Crippen LogP contribution in [-0.4, -0.2) is 37.2 Å². The van der Waals surface area contributed by atoms with Gasteiger partial charge in [-0.05, 0) is 122 Å². The molecule has 0 rings (SSSR count). The van der Waals surface area contributed by atoms with Gasteiger partial charge in [-0.2, -0.15) is 0 Å². The largest absolute Gasteiger partial charge is 0.462 e. The Kier molecular flexibility index (Phi) is 66.7. The zero-order valence-corrected chi connectivity index (χ0v) is 54.2.